The summed E-state index contributed by atoms with van der Waals surface area (Å²) in [6.45, 7) is 7.66. The molecular formula is C14H20N4S. The van der Waals surface area contributed by atoms with Gasteiger partial charge in [0.25, 0.3) is 0 Å². The molecule has 0 radical (unpaired) electrons. The van der Waals surface area contributed by atoms with Crippen molar-refractivity contribution in [1.82, 2.24) is 19.7 Å². The first-order valence-electron chi connectivity index (χ1n) is 6.65. The van der Waals surface area contributed by atoms with Crippen LogP contribution in [0, 0.1) is 0 Å². The summed E-state index contributed by atoms with van der Waals surface area (Å²) in [4.78, 5) is 6.74. The lowest BCUT2D eigenvalue weighted by molar-refractivity contribution is 0.324. The second-order valence-corrected chi connectivity index (χ2v) is 5.24. The lowest BCUT2D eigenvalue weighted by Crippen LogP contribution is -2.25. The number of benzene rings is 1. The van der Waals surface area contributed by atoms with Gasteiger partial charge in [0.1, 0.15) is 6.33 Å². The molecule has 0 atom stereocenters. The molecule has 1 aromatic carbocycles. The fourth-order valence-electron chi connectivity index (χ4n) is 1.83. The molecule has 0 unspecified atom stereocenters. The SMILES string of the molecule is CCN(CC)CCSc1ncn(-c2ccccc2)n1. The maximum atomic E-state index is 4.48. The van der Waals surface area contributed by atoms with Gasteiger partial charge in [-0.1, -0.05) is 43.8 Å². The highest BCUT2D eigenvalue weighted by atomic mass is 32.2. The van der Waals surface area contributed by atoms with Crippen molar-refractivity contribution in [2.75, 3.05) is 25.4 Å². The molecule has 1 aromatic heterocycles. The Kier molecular flexibility index (Phi) is 5.42. The molecule has 2 rings (SSSR count). The van der Waals surface area contributed by atoms with Crippen LogP contribution in [0.3, 0.4) is 0 Å². The van der Waals surface area contributed by atoms with Crippen LogP contribution in [-0.4, -0.2) is 45.1 Å². The van der Waals surface area contributed by atoms with Gasteiger partial charge in [-0.05, 0) is 25.2 Å². The van der Waals surface area contributed by atoms with Gasteiger partial charge in [0.15, 0.2) is 0 Å². The monoisotopic (exact) mass is 276 g/mol. The van der Waals surface area contributed by atoms with Crippen molar-refractivity contribution in [3.63, 3.8) is 0 Å². The molecule has 0 N–H and O–H groups in total. The number of para-hydroxylation sites is 1. The third-order valence-electron chi connectivity index (χ3n) is 3.02. The topological polar surface area (TPSA) is 34.0 Å². The van der Waals surface area contributed by atoms with E-state index in [-0.39, 0.29) is 0 Å². The first-order valence-corrected chi connectivity index (χ1v) is 7.64. The van der Waals surface area contributed by atoms with Gasteiger partial charge >= 0.3 is 0 Å². The molecule has 1 heterocycles. The molecule has 0 spiro atoms. The van der Waals surface area contributed by atoms with E-state index in [0.717, 1.165) is 36.2 Å². The number of nitrogens with zero attached hydrogens (tertiary/aromatic N) is 4. The van der Waals surface area contributed by atoms with Gasteiger partial charge in [-0.15, -0.1) is 5.10 Å². The van der Waals surface area contributed by atoms with E-state index in [2.05, 4.69) is 28.8 Å². The smallest absolute Gasteiger partial charge is 0.208 e. The van der Waals surface area contributed by atoms with Crippen LogP contribution in [0.1, 0.15) is 13.8 Å². The van der Waals surface area contributed by atoms with E-state index in [4.69, 9.17) is 0 Å². The maximum absolute atomic E-state index is 4.48. The Bertz CT molecular complexity index is 479. The van der Waals surface area contributed by atoms with E-state index in [0.29, 0.717) is 0 Å². The molecule has 2 aromatic rings. The van der Waals surface area contributed by atoms with Crippen LogP contribution < -0.4 is 0 Å². The first kappa shape index (κ1) is 14.1. The van der Waals surface area contributed by atoms with Gasteiger partial charge in [0, 0.05) is 12.3 Å². The molecule has 0 aliphatic carbocycles. The highest BCUT2D eigenvalue weighted by molar-refractivity contribution is 7.99. The van der Waals surface area contributed by atoms with Crippen LogP contribution in [0.5, 0.6) is 0 Å². The van der Waals surface area contributed by atoms with Crippen molar-refractivity contribution in [2.45, 2.75) is 19.0 Å². The van der Waals surface area contributed by atoms with Crippen LogP contribution >= 0.6 is 11.8 Å². The van der Waals surface area contributed by atoms with Gasteiger partial charge in [0.05, 0.1) is 5.69 Å². The van der Waals surface area contributed by atoms with E-state index >= 15 is 0 Å². The summed E-state index contributed by atoms with van der Waals surface area (Å²) in [5, 5.41) is 5.32. The summed E-state index contributed by atoms with van der Waals surface area (Å²) >= 11 is 1.71. The van der Waals surface area contributed by atoms with Crippen LogP contribution in [0.4, 0.5) is 0 Å². The van der Waals surface area contributed by atoms with Crippen LogP contribution in [0.15, 0.2) is 41.8 Å². The minimum absolute atomic E-state index is 0.844. The fourth-order valence-corrected chi connectivity index (χ4v) is 2.62. The zero-order valence-corrected chi connectivity index (χ0v) is 12.3. The fraction of sp³-hybridized carbons (Fsp3) is 0.429. The Morgan fingerprint density at radius 3 is 2.58 bits per heavy atom. The van der Waals surface area contributed by atoms with Crippen LogP contribution in [0.25, 0.3) is 5.69 Å². The van der Waals surface area contributed by atoms with Gasteiger partial charge in [0.2, 0.25) is 5.16 Å². The largest absolute Gasteiger partial charge is 0.303 e. The lowest BCUT2D eigenvalue weighted by Gasteiger charge is -2.16. The molecule has 0 saturated heterocycles. The van der Waals surface area contributed by atoms with Gasteiger partial charge in [-0.2, -0.15) is 0 Å². The van der Waals surface area contributed by atoms with Gasteiger partial charge < -0.3 is 4.90 Å². The molecule has 5 heteroatoms. The van der Waals surface area contributed by atoms with E-state index in [1.807, 2.05) is 35.0 Å². The number of thioether (sulfide) groups is 1. The maximum Gasteiger partial charge on any atom is 0.208 e. The molecule has 0 aliphatic heterocycles. The second-order valence-electron chi connectivity index (χ2n) is 4.18. The molecule has 0 aliphatic rings. The number of rotatable bonds is 7. The average molecular weight is 276 g/mol. The molecule has 0 amide bonds. The predicted molar refractivity (Wildman–Crippen MR) is 79.9 cm³/mol. The zero-order valence-electron chi connectivity index (χ0n) is 11.5. The second kappa shape index (κ2) is 7.31. The predicted octanol–water partition coefficient (Wildman–Crippen LogP) is 2.70. The standard InChI is InChI=1S/C14H20N4S/c1-3-17(4-2)10-11-19-14-15-12-18(16-14)13-8-6-5-7-9-13/h5-9,12H,3-4,10-11H2,1-2H3. The van der Waals surface area contributed by atoms with Gasteiger partial charge in [-0.3, -0.25) is 0 Å². The van der Waals surface area contributed by atoms with Crippen molar-refractivity contribution < 1.29 is 0 Å². The highest BCUT2D eigenvalue weighted by Gasteiger charge is 2.04. The van der Waals surface area contributed by atoms with Crippen molar-refractivity contribution in [2.24, 2.45) is 0 Å². The third-order valence-corrected chi connectivity index (χ3v) is 3.86. The quantitative estimate of drug-likeness (QED) is 0.728. The van der Waals surface area contributed by atoms with Crippen molar-refractivity contribution >= 4 is 11.8 Å². The molecule has 19 heavy (non-hydrogen) atoms. The number of aromatic nitrogens is 3. The van der Waals surface area contributed by atoms with E-state index in [1.54, 1.807) is 18.1 Å². The zero-order chi connectivity index (χ0) is 13.5. The van der Waals surface area contributed by atoms with E-state index in [1.165, 1.54) is 0 Å². The summed E-state index contributed by atoms with van der Waals surface area (Å²) in [6, 6.07) is 10.1. The van der Waals surface area contributed by atoms with Crippen molar-refractivity contribution in [3.05, 3.63) is 36.7 Å². The lowest BCUT2D eigenvalue weighted by atomic mass is 10.3. The Morgan fingerprint density at radius 1 is 1.16 bits per heavy atom. The Morgan fingerprint density at radius 2 is 1.89 bits per heavy atom. The van der Waals surface area contributed by atoms with Crippen LogP contribution in [-0.2, 0) is 0 Å². The molecule has 0 saturated carbocycles. The normalized spacial score (nSPS) is 11.1. The number of hydrogen-bond acceptors (Lipinski definition) is 4. The number of hydrogen-bond donors (Lipinski definition) is 0. The summed E-state index contributed by atoms with van der Waals surface area (Å²) < 4.78 is 1.82. The summed E-state index contributed by atoms with van der Waals surface area (Å²) in [7, 11) is 0. The van der Waals surface area contributed by atoms with E-state index < -0.39 is 0 Å². The molecule has 0 fully saturated rings. The van der Waals surface area contributed by atoms with E-state index in [9.17, 15) is 0 Å². The molecule has 4 nitrogen and oxygen atoms in total. The minimum atomic E-state index is 0.844. The third kappa shape index (κ3) is 4.08. The molecular weight excluding hydrogens is 256 g/mol. The molecule has 102 valence electrons. The van der Waals surface area contributed by atoms with Crippen LogP contribution in [0.2, 0.25) is 0 Å². The Balaban J connectivity index is 1.88. The summed E-state index contributed by atoms with van der Waals surface area (Å²) in [6.07, 6.45) is 1.77. The van der Waals surface area contributed by atoms with Crippen molar-refractivity contribution in [1.29, 1.82) is 0 Å². The Hall–Kier alpha value is -1.33. The average Bonchev–Trinajstić information content (AvgIpc) is 2.93. The first-order chi connectivity index (χ1) is 9.33. The Labute approximate surface area is 118 Å². The summed E-state index contributed by atoms with van der Waals surface area (Å²) in [5.74, 6) is 1.03. The van der Waals surface area contributed by atoms with Crippen molar-refractivity contribution in [3.8, 4) is 5.69 Å². The summed E-state index contributed by atoms with van der Waals surface area (Å²) in [5.41, 5.74) is 1.05. The minimum Gasteiger partial charge on any atom is -0.303 e. The molecule has 0 bridgehead atoms. The highest BCUT2D eigenvalue weighted by Crippen LogP contribution is 2.14. The van der Waals surface area contributed by atoms with Gasteiger partial charge in [-0.25, -0.2) is 9.67 Å².